The van der Waals surface area contributed by atoms with Crippen molar-refractivity contribution < 1.29 is 9.18 Å². The lowest BCUT2D eigenvalue weighted by atomic mass is 10.2. The van der Waals surface area contributed by atoms with Crippen molar-refractivity contribution in [2.45, 2.75) is 19.4 Å². The fourth-order valence-electron chi connectivity index (χ4n) is 3.05. The van der Waals surface area contributed by atoms with E-state index in [4.69, 9.17) is 0 Å². The van der Waals surface area contributed by atoms with E-state index >= 15 is 0 Å². The molecule has 0 radical (unpaired) electrons. The number of para-hydroxylation sites is 1. The molecule has 2 aromatic heterocycles. The molecule has 8 heteroatoms. The topological polar surface area (TPSA) is 92.7 Å². The molecule has 0 bridgehead atoms. The highest BCUT2D eigenvalue weighted by Crippen LogP contribution is 2.15. The van der Waals surface area contributed by atoms with Gasteiger partial charge in [0.25, 0.3) is 5.56 Å². The van der Waals surface area contributed by atoms with Crippen LogP contribution in [0.3, 0.4) is 0 Å². The van der Waals surface area contributed by atoms with Gasteiger partial charge in [0.05, 0.1) is 22.9 Å². The lowest BCUT2D eigenvalue weighted by Gasteiger charge is -2.08. The molecule has 0 fully saturated rings. The molecule has 2 heterocycles. The summed E-state index contributed by atoms with van der Waals surface area (Å²) in [7, 11) is 0. The third kappa shape index (κ3) is 4.21. The summed E-state index contributed by atoms with van der Waals surface area (Å²) >= 11 is 0. The molecule has 4 rings (SSSR count). The van der Waals surface area contributed by atoms with Crippen LogP contribution < -0.4 is 10.9 Å². The number of rotatable bonds is 6. The van der Waals surface area contributed by atoms with Crippen molar-refractivity contribution in [1.29, 1.82) is 0 Å². The van der Waals surface area contributed by atoms with Gasteiger partial charge in [0, 0.05) is 31.8 Å². The molecule has 2 N–H and O–H groups in total. The van der Waals surface area contributed by atoms with Crippen molar-refractivity contribution in [2.75, 3.05) is 0 Å². The zero-order chi connectivity index (χ0) is 20.2. The normalized spacial score (nSPS) is 10.9. The van der Waals surface area contributed by atoms with E-state index in [9.17, 15) is 14.0 Å². The van der Waals surface area contributed by atoms with Crippen LogP contribution >= 0.6 is 0 Å². The van der Waals surface area contributed by atoms with E-state index in [1.807, 2.05) is 6.07 Å². The van der Waals surface area contributed by atoms with Gasteiger partial charge in [0.15, 0.2) is 0 Å². The predicted octanol–water partition coefficient (Wildman–Crippen LogP) is 2.50. The average molecular weight is 391 g/mol. The minimum atomic E-state index is -0.396. The van der Waals surface area contributed by atoms with Crippen LogP contribution in [-0.4, -0.2) is 25.4 Å². The molecule has 0 atom stereocenters. The minimum Gasteiger partial charge on any atom is -0.352 e. The Bertz CT molecular complexity index is 1220. The van der Waals surface area contributed by atoms with E-state index in [0.717, 1.165) is 0 Å². The van der Waals surface area contributed by atoms with E-state index in [2.05, 4.69) is 20.3 Å². The van der Waals surface area contributed by atoms with Crippen molar-refractivity contribution >= 4 is 16.8 Å². The number of fused-ring (bicyclic) bond motifs is 1. The Morgan fingerprint density at radius 2 is 2.07 bits per heavy atom. The van der Waals surface area contributed by atoms with Gasteiger partial charge in [-0.3, -0.25) is 9.59 Å². The number of H-pyrrole nitrogens is 1. The Balaban J connectivity index is 1.35. The van der Waals surface area contributed by atoms with Gasteiger partial charge in [-0.25, -0.2) is 14.4 Å². The van der Waals surface area contributed by atoms with E-state index in [-0.39, 0.29) is 24.4 Å². The zero-order valence-corrected chi connectivity index (χ0v) is 15.4. The van der Waals surface area contributed by atoms with Crippen LogP contribution in [0.5, 0.6) is 0 Å². The van der Waals surface area contributed by atoms with Gasteiger partial charge < -0.3 is 14.9 Å². The molecule has 0 aliphatic carbocycles. The van der Waals surface area contributed by atoms with E-state index in [1.165, 1.54) is 12.4 Å². The fraction of sp³-hybridized carbons (Fsp3) is 0.143. The number of carbonyl (C=O) groups excluding carboxylic acids is 1. The molecule has 0 saturated carbocycles. The summed E-state index contributed by atoms with van der Waals surface area (Å²) in [6.45, 7) is 0.210. The maximum Gasteiger partial charge on any atom is 0.258 e. The predicted molar refractivity (Wildman–Crippen MR) is 106 cm³/mol. The number of halogens is 1. The monoisotopic (exact) mass is 391 g/mol. The van der Waals surface area contributed by atoms with Crippen LogP contribution in [0.1, 0.15) is 17.8 Å². The largest absolute Gasteiger partial charge is 0.352 e. The van der Waals surface area contributed by atoms with Gasteiger partial charge in [-0.15, -0.1) is 0 Å². The SMILES string of the molecule is O=C(CCc1nc2ccccc2c(=O)[nH]1)NCc1ccc(-n2ccnc2)c(F)c1. The first-order chi connectivity index (χ1) is 14.1. The number of aromatic amines is 1. The van der Waals surface area contributed by atoms with Crippen molar-refractivity contribution in [2.24, 2.45) is 0 Å². The minimum absolute atomic E-state index is 0.164. The Morgan fingerprint density at radius 1 is 1.21 bits per heavy atom. The number of aryl methyl sites for hydroxylation is 1. The third-order valence-corrected chi connectivity index (χ3v) is 4.54. The molecule has 0 saturated heterocycles. The first-order valence-corrected chi connectivity index (χ1v) is 9.11. The van der Waals surface area contributed by atoms with Crippen LogP contribution in [0.15, 0.2) is 66.0 Å². The van der Waals surface area contributed by atoms with Gasteiger partial charge in [-0.05, 0) is 29.8 Å². The fourth-order valence-corrected chi connectivity index (χ4v) is 3.05. The Kier molecular flexibility index (Phi) is 5.15. The molecule has 7 nitrogen and oxygen atoms in total. The number of carbonyl (C=O) groups is 1. The summed E-state index contributed by atoms with van der Waals surface area (Å²) in [5.41, 5.74) is 1.42. The molecular formula is C21H18FN5O2. The molecule has 4 aromatic rings. The average Bonchev–Trinajstić information content (AvgIpc) is 3.25. The second-order valence-electron chi connectivity index (χ2n) is 6.56. The quantitative estimate of drug-likeness (QED) is 0.528. The van der Waals surface area contributed by atoms with Crippen LogP contribution in [0.25, 0.3) is 16.6 Å². The van der Waals surface area contributed by atoms with Crippen molar-refractivity contribution in [1.82, 2.24) is 24.8 Å². The van der Waals surface area contributed by atoms with Crippen LogP contribution in [0.4, 0.5) is 4.39 Å². The summed E-state index contributed by atoms with van der Waals surface area (Å²) in [6.07, 6.45) is 5.22. The van der Waals surface area contributed by atoms with Crippen molar-refractivity contribution in [3.8, 4) is 5.69 Å². The summed E-state index contributed by atoms with van der Waals surface area (Å²) in [4.78, 5) is 35.2. The lowest BCUT2D eigenvalue weighted by molar-refractivity contribution is -0.121. The highest BCUT2D eigenvalue weighted by molar-refractivity contribution is 5.78. The molecule has 1 amide bonds. The highest BCUT2D eigenvalue weighted by Gasteiger charge is 2.09. The van der Waals surface area contributed by atoms with E-state index < -0.39 is 5.82 Å². The number of aromatic nitrogens is 4. The van der Waals surface area contributed by atoms with Crippen molar-refractivity contribution in [3.63, 3.8) is 0 Å². The second kappa shape index (κ2) is 8.05. The maximum atomic E-state index is 14.3. The van der Waals surface area contributed by atoms with E-state index in [1.54, 1.807) is 47.3 Å². The third-order valence-electron chi connectivity index (χ3n) is 4.54. The van der Waals surface area contributed by atoms with Gasteiger partial charge in [0.1, 0.15) is 11.6 Å². The number of hydrogen-bond donors (Lipinski definition) is 2. The summed E-state index contributed by atoms with van der Waals surface area (Å²) in [5.74, 6) is -0.146. The first-order valence-electron chi connectivity index (χ1n) is 9.11. The molecule has 146 valence electrons. The van der Waals surface area contributed by atoms with E-state index in [0.29, 0.717) is 34.4 Å². The molecule has 2 aromatic carbocycles. The Morgan fingerprint density at radius 3 is 2.86 bits per heavy atom. The highest BCUT2D eigenvalue weighted by atomic mass is 19.1. The molecular weight excluding hydrogens is 373 g/mol. The van der Waals surface area contributed by atoms with Gasteiger partial charge in [-0.2, -0.15) is 0 Å². The maximum absolute atomic E-state index is 14.3. The van der Waals surface area contributed by atoms with Crippen molar-refractivity contribution in [3.05, 3.63) is 88.7 Å². The molecule has 0 spiro atoms. The lowest BCUT2D eigenvalue weighted by Crippen LogP contribution is -2.24. The smallest absolute Gasteiger partial charge is 0.258 e. The summed E-state index contributed by atoms with van der Waals surface area (Å²) in [6, 6.07) is 11.8. The van der Waals surface area contributed by atoms with Crippen LogP contribution in [0, 0.1) is 5.82 Å². The molecule has 0 aliphatic rings. The summed E-state index contributed by atoms with van der Waals surface area (Å²) in [5, 5.41) is 3.27. The molecule has 29 heavy (non-hydrogen) atoms. The number of hydrogen-bond acceptors (Lipinski definition) is 4. The number of nitrogens with zero attached hydrogens (tertiary/aromatic N) is 3. The van der Waals surface area contributed by atoms with Gasteiger partial charge in [0.2, 0.25) is 5.91 Å². The molecule has 0 aliphatic heterocycles. The number of benzene rings is 2. The number of imidazole rings is 1. The van der Waals surface area contributed by atoms with Crippen LogP contribution in [0.2, 0.25) is 0 Å². The van der Waals surface area contributed by atoms with Gasteiger partial charge >= 0.3 is 0 Å². The van der Waals surface area contributed by atoms with Crippen LogP contribution in [-0.2, 0) is 17.8 Å². The zero-order valence-electron chi connectivity index (χ0n) is 15.4. The summed E-state index contributed by atoms with van der Waals surface area (Å²) < 4.78 is 15.8. The standard InChI is InChI=1S/C21H18FN5O2/c22-16-11-14(5-6-18(16)27-10-9-23-13-27)12-24-20(28)8-7-19-25-17-4-2-1-3-15(17)21(29)26-19/h1-6,9-11,13H,7-8,12H2,(H,24,28)(H,25,26,29). The molecule has 0 unspecified atom stereocenters. The first kappa shape index (κ1) is 18.5. The Hall–Kier alpha value is -3.81. The number of nitrogens with one attached hydrogen (secondary N) is 2. The number of amides is 1. The van der Waals surface area contributed by atoms with Gasteiger partial charge in [-0.1, -0.05) is 18.2 Å². The Labute approximate surface area is 165 Å². The second-order valence-corrected chi connectivity index (χ2v) is 6.56.